The van der Waals surface area contributed by atoms with Gasteiger partial charge in [-0.1, -0.05) is 19.8 Å². The van der Waals surface area contributed by atoms with Crippen molar-refractivity contribution in [2.75, 3.05) is 50.9 Å². The molecule has 5 N–H and O–H groups in total. The number of aliphatic hydroxyl groups is 1. The van der Waals surface area contributed by atoms with Gasteiger partial charge in [-0.25, -0.2) is 4.98 Å². The summed E-state index contributed by atoms with van der Waals surface area (Å²) in [5, 5.41) is 13.4. The zero-order chi connectivity index (χ0) is 25.0. The summed E-state index contributed by atoms with van der Waals surface area (Å²) >= 11 is 0. The van der Waals surface area contributed by atoms with Crippen LogP contribution in [0.5, 0.6) is 0 Å². The van der Waals surface area contributed by atoms with Crippen molar-refractivity contribution in [1.29, 1.82) is 0 Å². The molecule has 0 aromatic carbocycles. The number of hydrogen-bond acceptors (Lipinski definition) is 9. The molecular weight excluding hydrogens is 444 g/mol. The lowest BCUT2D eigenvalue weighted by molar-refractivity contribution is 0.148. The molecule has 0 amide bonds. The average Bonchev–Trinajstić information content (AvgIpc) is 2.84. The van der Waals surface area contributed by atoms with Crippen molar-refractivity contribution in [3.05, 3.63) is 40.4 Å². The first-order valence-corrected chi connectivity index (χ1v) is 12.3. The van der Waals surface area contributed by atoms with E-state index in [1.165, 1.54) is 0 Å². The number of aliphatic hydroxyl groups excluding tert-OH is 1. The number of unbranched alkanes of at least 4 members (excludes halogenated alkanes) is 1. The van der Waals surface area contributed by atoms with Gasteiger partial charge in [0.25, 0.3) is 0 Å². The highest BCUT2D eigenvalue weighted by Crippen LogP contribution is 2.29. The number of piperazine rings is 1. The third kappa shape index (κ3) is 5.95. The van der Waals surface area contributed by atoms with Gasteiger partial charge in [0.2, 0.25) is 11.5 Å². The van der Waals surface area contributed by atoms with Gasteiger partial charge in [-0.2, -0.15) is 4.98 Å². The molecule has 10 nitrogen and oxygen atoms in total. The van der Waals surface area contributed by atoms with Gasteiger partial charge >= 0.3 is 0 Å². The Morgan fingerprint density at radius 1 is 1.23 bits per heavy atom. The predicted molar refractivity (Wildman–Crippen MR) is 139 cm³/mol. The molecule has 0 saturated carbocycles. The molecule has 1 fully saturated rings. The Labute approximate surface area is 205 Å². The predicted octanol–water partition coefficient (Wildman–Crippen LogP) is 2.06. The Kier molecular flexibility index (Phi) is 7.63. The number of nitrogen functional groups attached to an aromatic ring is 1. The Morgan fingerprint density at radius 3 is 2.71 bits per heavy atom. The molecule has 0 radical (unpaired) electrons. The number of rotatable bonds is 9. The molecule has 0 unspecified atom stereocenters. The van der Waals surface area contributed by atoms with Crippen LogP contribution in [0.25, 0.3) is 22.2 Å². The smallest absolute Gasteiger partial charge is 0.248 e. The highest BCUT2D eigenvalue weighted by Gasteiger charge is 2.25. The molecule has 3 aromatic heterocycles. The van der Waals surface area contributed by atoms with Crippen LogP contribution in [0.2, 0.25) is 0 Å². The van der Waals surface area contributed by atoms with E-state index in [9.17, 15) is 9.90 Å². The van der Waals surface area contributed by atoms with Gasteiger partial charge in [0.15, 0.2) is 5.82 Å². The Balaban J connectivity index is 1.69. The van der Waals surface area contributed by atoms with Crippen LogP contribution in [0.4, 0.5) is 11.8 Å². The van der Waals surface area contributed by atoms with Gasteiger partial charge < -0.3 is 26.0 Å². The second-order valence-electron chi connectivity index (χ2n) is 9.79. The molecule has 188 valence electrons. The van der Waals surface area contributed by atoms with E-state index in [1.807, 2.05) is 13.0 Å². The fourth-order valence-corrected chi connectivity index (χ4v) is 4.45. The summed E-state index contributed by atoms with van der Waals surface area (Å²) < 4.78 is 0. The molecule has 3 aromatic rings. The Morgan fingerprint density at radius 2 is 2.00 bits per heavy atom. The van der Waals surface area contributed by atoms with Crippen LogP contribution in [0, 0.1) is 0 Å². The Hall–Kier alpha value is -3.08. The van der Waals surface area contributed by atoms with Gasteiger partial charge in [-0.05, 0) is 37.6 Å². The molecule has 4 heterocycles. The van der Waals surface area contributed by atoms with Crippen molar-refractivity contribution < 1.29 is 5.11 Å². The number of hydrogen-bond donors (Lipinski definition) is 4. The Bertz CT molecular complexity index is 1220. The number of pyridine rings is 2. The van der Waals surface area contributed by atoms with Gasteiger partial charge in [0.1, 0.15) is 5.52 Å². The van der Waals surface area contributed by atoms with E-state index >= 15 is 0 Å². The highest BCUT2D eigenvalue weighted by molar-refractivity contribution is 5.89. The fourth-order valence-electron chi connectivity index (χ4n) is 4.45. The van der Waals surface area contributed by atoms with Crippen molar-refractivity contribution in [2.24, 2.45) is 0 Å². The topological polar surface area (TPSA) is 136 Å². The van der Waals surface area contributed by atoms with Crippen molar-refractivity contribution in [2.45, 2.75) is 45.2 Å². The maximum atomic E-state index is 12.2. The minimum atomic E-state index is -0.549. The fraction of sp³-hybridized carbons (Fsp3) is 0.520. The molecule has 10 heteroatoms. The van der Waals surface area contributed by atoms with Crippen LogP contribution >= 0.6 is 0 Å². The number of anilines is 2. The van der Waals surface area contributed by atoms with E-state index in [4.69, 9.17) is 5.73 Å². The molecule has 0 bridgehead atoms. The maximum absolute atomic E-state index is 12.2. The van der Waals surface area contributed by atoms with Crippen LogP contribution in [-0.4, -0.2) is 80.2 Å². The summed E-state index contributed by atoms with van der Waals surface area (Å²) in [6, 6.07) is 3.52. The average molecular weight is 481 g/mol. The summed E-state index contributed by atoms with van der Waals surface area (Å²) in [5.74, 6) is 0.619. The molecule has 0 aliphatic carbocycles. The number of likely N-dealkylation sites (N-methyl/N-ethyl adjacent to an activating group) is 1. The minimum Gasteiger partial charge on any atom is -0.394 e. The number of nitrogens with one attached hydrogen (secondary N) is 2. The minimum absolute atomic E-state index is 0.0427. The lowest BCUT2D eigenvalue weighted by Crippen LogP contribution is -2.44. The normalized spacial score (nSPS) is 16.9. The maximum Gasteiger partial charge on any atom is 0.248 e. The van der Waals surface area contributed by atoms with E-state index in [0.29, 0.717) is 16.9 Å². The summed E-state index contributed by atoms with van der Waals surface area (Å²) in [6.07, 6.45) is 6.32. The first kappa shape index (κ1) is 25.0. The highest BCUT2D eigenvalue weighted by atomic mass is 16.3. The van der Waals surface area contributed by atoms with Crippen molar-refractivity contribution in [3.8, 4) is 11.1 Å². The third-order valence-corrected chi connectivity index (χ3v) is 6.72. The van der Waals surface area contributed by atoms with E-state index < -0.39 is 5.54 Å². The van der Waals surface area contributed by atoms with E-state index in [1.54, 1.807) is 18.5 Å². The largest absolute Gasteiger partial charge is 0.394 e. The van der Waals surface area contributed by atoms with Crippen LogP contribution in [0.1, 0.15) is 38.7 Å². The molecule has 1 saturated heterocycles. The molecule has 0 spiro atoms. The number of fused-ring (bicyclic) bond motifs is 1. The lowest BCUT2D eigenvalue weighted by atomic mass is 9.96. The van der Waals surface area contributed by atoms with Gasteiger partial charge in [0.05, 0.1) is 17.7 Å². The summed E-state index contributed by atoms with van der Waals surface area (Å²) in [5.41, 5.74) is 9.15. The number of nitrogens with zero attached hydrogens (tertiary/aromatic N) is 5. The summed E-state index contributed by atoms with van der Waals surface area (Å²) in [6.45, 7) is 8.77. The zero-order valence-corrected chi connectivity index (χ0v) is 20.8. The van der Waals surface area contributed by atoms with E-state index in [-0.39, 0.29) is 18.1 Å². The van der Waals surface area contributed by atoms with Crippen molar-refractivity contribution in [1.82, 2.24) is 29.7 Å². The number of aromatic nitrogens is 4. The number of aromatic amines is 1. The first-order valence-electron chi connectivity index (χ1n) is 12.3. The van der Waals surface area contributed by atoms with Gasteiger partial charge in [-0.3, -0.25) is 14.7 Å². The quantitative estimate of drug-likeness (QED) is 0.363. The lowest BCUT2D eigenvalue weighted by Gasteiger charge is -2.32. The summed E-state index contributed by atoms with van der Waals surface area (Å²) in [7, 11) is 2.13. The van der Waals surface area contributed by atoms with Crippen molar-refractivity contribution >= 4 is 22.8 Å². The van der Waals surface area contributed by atoms with Gasteiger partial charge in [-0.15, -0.1) is 0 Å². The van der Waals surface area contributed by atoms with Gasteiger partial charge in [0, 0.05) is 56.7 Å². The molecular formula is C25H36N8O2. The second kappa shape index (κ2) is 10.7. The standard InChI is InChI=1S/C25H36N8O2/c1-4-5-6-25(2,16-34)31-23-22-20(29-24(26)30-23)11-17(13-28-22)19-12-21(35)27-14-18(19)15-33-9-7-32(3)8-10-33/h11-14,34H,4-10,15-16H2,1-3H3,(H,27,35)(H3,26,29,30,31)/t25-/m1/s1. The molecule has 4 rings (SSSR count). The second-order valence-corrected chi connectivity index (χ2v) is 9.79. The van der Waals surface area contributed by atoms with Crippen LogP contribution in [0.15, 0.2) is 29.3 Å². The summed E-state index contributed by atoms with van der Waals surface area (Å²) in [4.78, 5) is 33.2. The number of H-pyrrole nitrogens is 1. The van der Waals surface area contributed by atoms with E-state index in [2.05, 4.69) is 49.0 Å². The first-order chi connectivity index (χ1) is 16.8. The molecule has 1 aliphatic rings. The number of nitrogens with two attached hydrogens (primary N) is 1. The molecule has 35 heavy (non-hydrogen) atoms. The van der Waals surface area contributed by atoms with Crippen LogP contribution < -0.4 is 16.6 Å². The van der Waals surface area contributed by atoms with Crippen molar-refractivity contribution in [3.63, 3.8) is 0 Å². The molecule has 1 atom stereocenters. The van der Waals surface area contributed by atoms with E-state index in [0.717, 1.165) is 68.7 Å². The third-order valence-electron chi connectivity index (χ3n) is 6.72. The SMILES string of the molecule is CCCC[C@](C)(CO)Nc1nc(N)nc2cc(-c3cc(=O)[nH]cc3CN3CCN(C)CC3)cnc12. The van der Waals surface area contributed by atoms with Crippen LogP contribution in [0.3, 0.4) is 0 Å². The monoisotopic (exact) mass is 480 g/mol. The molecule has 1 aliphatic heterocycles. The zero-order valence-electron chi connectivity index (χ0n) is 20.8. The van der Waals surface area contributed by atoms with Crippen LogP contribution in [-0.2, 0) is 6.54 Å².